The molecule has 0 radical (unpaired) electrons. The van der Waals surface area contributed by atoms with Gasteiger partial charge in [-0.25, -0.2) is 19.2 Å². The number of phenols is 1. The average Bonchev–Trinajstić information content (AvgIpc) is 1.48. The number of rotatable bonds is 24. The lowest BCUT2D eigenvalue weighted by molar-refractivity contribution is -0.198. The molecule has 6 N–H and O–H groups in total. The fourth-order valence-electron chi connectivity index (χ4n) is 21.1. The van der Waals surface area contributed by atoms with Gasteiger partial charge in [0.2, 0.25) is 18.3 Å². The van der Waals surface area contributed by atoms with Gasteiger partial charge in [-0.05, 0) is 201 Å². The van der Waals surface area contributed by atoms with Crippen LogP contribution < -0.4 is 14.2 Å². The van der Waals surface area contributed by atoms with Gasteiger partial charge in [0.05, 0.1) is 96.2 Å². The maximum absolute atomic E-state index is 13.0. The van der Waals surface area contributed by atoms with Crippen LogP contribution >= 0.6 is 23.2 Å². The number of phenolic OH excluding ortho intramolecular Hbond substituents is 1. The second kappa shape index (κ2) is 38.0. The third-order valence-corrected chi connectivity index (χ3v) is 26.7. The van der Waals surface area contributed by atoms with Crippen LogP contribution in [-0.4, -0.2) is 268 Å². The lowest BCUT2D eigenvalue weighted by atomic mass is 9.49. The van der Waals surface area contributed by atoms with Crippen molar-refractivity contribution in [2.75, 3.05) is 46.1 Å². The van der Waals surface area contributed by atoms with Crippen molar-refractivity contribution in [2.45, 2.75) is 303 Å². The third-order valence-electron chi connectivity index (χ3n) is 26.7. The number of hydrogen-bond acceptors (Lipinski definition) is 33. The normalized spacial score (nSPS) is 27.9. The molecule has 130 heavy (non-hydrogen) atoms. The lowest BCUT2D eigenvalue weighted by Gasteiger charge is -2.62. The number of esters is 7. The maximum atomic E-state index is 13.0. The van der Waals surface area contributed by atoms with Crippen LogP contribution in [-0.2, 0) is 145 Å². The number of halogens is 2. The highest BCUT2D eigenvalue weighted by atomic mass is 35.5. The predicted molar refractivity (Wildman–Crippen MR) is 453 cm³/mol. The van der Waals surface area contributed by atoms with Crippen molar-refractivity contribution in [1.29, 1.82) is 0 Å². The summed E-state index contributed by atoms with van der Waals surface area (Å²) >= 11 is 9.53. The van der Waals surface area contributed by atoms with Crippen molar-refractivity contribution >= 4 is 112 Å². The molecule has 3 aromatic carbocycles. The van der Waals surface area contributed by atoms with Gasteiger partial charge in [0, 0.05) is 66.9 Å². The minimum atomic E-state index is -1.87. The minimum absolute atomic E-state index is 0.0449. The molecule has 706 valence electrons. The van der Waals surface area contributed by atoms with Crippen LogP contribution in [0, 0.1) is 13.8 Å². The first-order valence-electron chi connectivity index (χ1n) is 43.3. The van der Waals surface area contributed by atoms with Crippen LogP contribution in [0.1, 0.15) is 215 Å². The number of aliphatic hydroxyl groups is 3. The molecule has 0 unspecified atom stereocenters. The van der Waals surface area contributed by atoms with Gasteiger partial charge < -0.3 is 97.5 Å². The second-order valence-electron chi connectivity index (χ2n) is 37.4. The van der Waals surface area contributed by atoms with E-state index in [1.165, 1.54) is 19.4 Å². The van der Waals surface area contributed by atoms with Crippen LogP contribution in [0.4, 0.5) is 0 Å². The van der Waals surface area contributed by atoms with Crippen molar-refractivity contribution in [3.63, 3.8) is 0 Å². The number of nitrogens with zero attached hydrogens (tertiary/aromatic N) is 4. The van der Waals surface area contributed by atoms with Gasteiger partial charge in [-0.2, -0.15) is 0 Å². The molecular weight excluding hydrogens is 1740 g/mol. The summed E-state index contributed by atoms with van der Waals surface area (Å²) in [4.78, 5) is 189. The number of carbonyl (C=O) groups excluding carboxylic acids is 13. The zero-order valence-electron chi connectivity index (χ0n) is 74.8. The summed E-state index contributed by atoms with van der Waals surface area (Å²) in [5, 5.41) is 64.9. The molecule has 36 nitrogen and oxygen atoms in total. The number of ether oxygens (including phenoxy) is 10. The molecule has 38 heteroatoms. The summed E-state index contributed by atoms with van der Waals surface area (Å²) in [5.41, 5.74) is 1.34. The van der Waals surface area contributed by atoms with E-state index in [0.717, 1.165) is 76.4 Å². The molecule has 16 rings (SSSR count). The Morgan fingerprint density at radius 3 is 1.22 bits per heavy atom. The summed E-state index contributed by atoms with van der Waals surface area (Å²) in [6.07, 6.45) is -2.01. The highest BCUT2D eigenvalue weighted by molar-refractivity contribution is 6.40. The number of ketones is 3. The molecule has 15 atom stereocenters. The number of aryl methyl sites for hydroxylation is 2. The van der Waals surface area contributed by atoms with E-state index in [4.69, 9.17) is 76.0 Å². The van der Waals surface area contributed by atoms with Gasteiger partial charge in [-0.1, -0.05) is 30.3 Å². The van der Waals surface area contributed by atoms with E-state index in [-0.39, 0.29) is 103 Å². The van der Waals surface area contributed by atoms with E-state index in [1.807, 2.05) is 40.1 Å². The number of carboxylic acid groups (broad SMARTS) is 2. The molecule has 2 amide bonds. The van der Waals surface area contributed by atoms with Crippen molar-refractivity contribution in [3.05, 3.63) is 105 Å². The molecular formula is C92H112Cl2N4O32. The van der Waals surface area contributed by atoms with Gasteiger partial charge in [0.25, 0.3) is 11.8 Å². The van der Waals surface area contributed by atoms with Crippen molar-refractivity contribution < 1.29 is 155 Å². The number of carbonyl (C=O) groups is 15. The van der Waals surface area contributed by atoms with E-state index in [1.54, 1.807) is 59.8 Å². The highest BCUT2D eigenvalue weighted by Gasteiger charge is 2.75. The Labute approximate surface area is 759 Å². The van der Waals surface area contributed by atoms with Crippen molar-refractivity contribution in [2.24, 2.45) is 0 Å². The molecule has 0 aromatic heterocycles. The summed E-state index contributed by atoms with van der Waals surface area (Å²) in [7, 11) is 6.08. The first-order chi connectivity index (χ1) is 60.9. The average molecular weight is 1860 g/mol. The predicted octanol–water partition coefficient (Wildman–Crippen LogP) is 6.67. The Bertz CT molecular complexity index is 5150. The van der Waals surface area contributed by atoms with E-state index < -0.39 is 184 Å². The number of Topliss-reactive ketones (excluding diaryl/α,β-unsaturated/α-hetero) is 3. The molecule has 3 aromatic rings. The second-order valence-corrected chi connectivity index (χ2v) is 38.2. The maximum Gasteiger partial charge on any atom is 0.348 e. The summed E-state index contributed by atoms with van der Waals surface area (Å²) < 4.78 is 55.5. The van der Waals surface area contributed by atoms with E-state index in [0.29, 0.717) is 62.3 Å². The standard InChI is InChI=1S/C31H39NO9.C25H27NO11.C18H21NO3.C17H23NO9.CH2Cl2/c1-17-7-8-19-16-22-31(37)12-11-20(27-30(31,13-14-32(22)6)25(19)26(17)40-27)38-23(34)9-10-24(35)39-21(15-18(2)33)28(36)41-29(3,4)5;1-26-9-8-24-20-12-2-3-13(27)21(20)37-22(24)14(6-7-25(24,34)16(26)10-12)35-18(30)4-5-19(31)36-15(23(32)33)11-17(28)29;1-10-3-4-11-9-13-18(21)6-5-12(20)16-17(18,7-8-19(13)2)14(11)15(10)22-16;1-10(19)9-11(16(24)26-17(2,3)4)25-14(22)7-8-15(23)27-18-12(20)5-6-13(18)21;2-1-3/h7-8,11,21-22,27,37H,9-10,12-16H2,1-6H3;2-3,6,15-16,22,27,34H,4-5,7-11H2,1H3,(H,28,29)(H,32,33);3-4,13,16,21H,5-9H2,1-2H3;11H,5-9H2,1-4H3;1H2/t21-,22-,27+,30+,31-;15-,16-,22+,24+,25-;13-,16+,17+,18-;11-;/m1111./s1. The zero-order valence-corrected chi connectivity index (χ0v) is 76.3. The number of piperidine rings is 3. The minimum Gasteiger partial charge on any atom is -0.504 e. The molecule has 4 saturated heterocycles. The Morgan fingerprint density at radius 1 is 0.477 bits per heavy atom. The number of aliphatic carboxylic acids is 2. The smallest absolute Gasteiger partial charge is 0.348 e. The summed E-state index contributed by atoms with van der Waals surface area (Å²) in [6, 6.07) is 11.6. The molecule has 7 heterocycles. The number of carboxylic acids is 2. The number of amides is 2. The Morgan fingerprint density at radius 2 is 0.831 bits per heavy atom. The number of imide groups is 1. The fourth-order valence-corrected chi connectivity index (χ4v) is 21.1. The van der Waals surface area contributed by atoms with Gasteiger partial charge in [0.15, 0.2) is 35.6 Å². The SMILES string of the molecule is CC(=O)C[C@@H](OC(=O)CCC(=O)OC1=CC[C@@]2(O)[C@H]3Cc4ccc(C)c5c4[C@@]2(CCN3C)[C@H]1O5)C(=O)OC(C)(C)C.CC(=O)C[C@@H](OC(=O)CCC(=O)ON1C(=O)CCC1=O)C(=O)OC(C)(C)C.CN1CC[C@]23c4c5ccc(O)c4O[C@H]2C(OC(=O)CCC(=O)O[C@H](CC(=O)O)C(=O)O)=CC[C@@]3(O)[C@H]1C5.Cc1ccc2c3c1O[C@H]1C(=O)CC[C@@]4(O)[C@@H](C2)N(C)CC[C@]314.ClCCl. The summed E-state index contributed by atoms with van der Waals surface area (Å²) in [6.45, 7) is 18.7. The topological polar surface area (TPSA) is 492 Å². The Balaban J connectivity index is 0.000000159. The Kier molecular flexibility index (Phi) is 28.8. The van der Waals surface area contributed by atoms with Crippen molar-refractivity contribution in [3.8, 4) is 23.0 Å². The monoisotopic (exact) mass is 1850 g/mol. The van der Waals surface area contributed by atoms with Gasteiger partial charge in [-0.15, -0.1) is 28.3 Å². The van der Waals surface area contributed by atoms with Crippen LogP contribution in [0.5, 0.6) is 23.0 Å². The van der Waals surface area contributed by atoms with Gasteiger partial charge in [0.1, 0.15) is 45.8 Å². The first kappa shape index (κ1) is 98.6. The zero-order chi connectivity index (χ0) is 95.4. The number of hydroxylamine groups is 2. The molecule has 5 fully saturated rings. The molecule has 1 saturated carbocycles. The third kappa shape index (κ3) is 18.8. The largest absolute Gasteiger partial charge is 0.504 e. The summed E-state index contributed by atoms with van der Waals surface area (Å²) in [5.74, 6) is -9.49. The number of likely N-dealkylation sites (N-methyl/N-ethyl adjacent to an activating group) is 3. The first-order valence-corrected chi connectivity index (χ1v) is 44.4. The molecule has 13 aliphatic rings. The molecule has 3 spiro atoms. The van der Waals surface area contributed by atoms with Crippen LogP contribution in [0.2, 0.25) is 0 Å². The van der Waals surface area contributed by atoms with Crippen LogP contribution in [0.3, 0.4) is 0 Å². The van der Waals surface area contributed by atoms with Crippen LogP contribution in [0.15, 0.2) is 60.1 Å². The lowest BCUT2D eigenvalue weighted by Crippen LogP contribution is -2.76. The molecule has 7 aliphatic heterocycles. The fraction of sp³-hybridized carbons (Fsp3) is 0.598. The molecule has 6 bridgehead atoms. The number of hydrogen-bond donors (Lipinski definition) is 6. The highest BCUT2D eigenvalue weighted by Crippen LogP contribution is 2.68. The van der Waals surface area contributed by atoms with Gasteiger partial charge in [-0.3, -0.25) is 52.7 Å². The number of alkyl halides is 2. The van der Waals surface area contributed by atoms with E-state index in [2.05, 4.69) is 49.5 Å². The number of aromatic hydroxyl groups is 1. The number of likely N-dealkylation sites (tertiary alicyclic amines) is 3. The van der Waals surface area contributed by atoms with E-state index in [9.17, 15) is 92.3 Å². The van der Waals surface area contributed by atoms with E-state index >= 15 is 0 Å². The Hall–Kier alpha value is -10.5. The van der Waals surface area contributed by atoms with Crippen LogP contribution in [0.25, 0.3) is 0 Å². The molecule has 6 aliphatic carbocycles. The van der Waals surface area contributed by atoms with Crippen molar-refractivity contribution in [1.82, 2.24) is 19.8 Å². The van der Waals surface area contributed by atoms with Gasteiger partial charge >= 0.3 is 59.7 Å². The quantitative estimate of drug-likeness (QED) is 0.0236. The number of benzene rings is 3.